The van der Waals surface area contributed by atoms with E-state index in [4.69, 9.17) is 4.74 Å². The van der Waals surface area contributed by atoms with E-state index < -0.39 is 65.7 Å². The van der Waals surface area contributed by atoms with Crippen LogP contribution in [0.4, 0.5) is 4.79 Å². The lowest BCUT2D eigenvalue weighted by Gasteiger charge is -2.43. The Morgan fingerprint density at radius 2 is 1.57 bits per heavy atom. The fraction of sp³-hybridized carbons (Fsp3) is 0.675. The summed E-state index contributed by atoms with van der Waals surface area (Å²) < 4.78 is 5.42. The van der Waals surface area contributed by atoms with E-state index in [1.54, 1.807) is 49.3 Å². The van der Waals surface area contributed by atoms with Crippen LogP contribution in [0.15, 0.2) is 30.3 Å². The highest BCUT2D eigenvalue weighted by molar-refractivity contribution is 6.38. The van der Waals surface area contributed by atoms with E-state index in [9.17, 15) is 33.6 Å². The zero-order chi connectivity index (χ0) is 40.0. The first-order chi connectivity index (χ1) is 25.4. The van der Waals surface area contributed by atoms with Crippen molar-refractivity contribution in [1.29, 1.82) is 0 Å². The minimum Gasteiger partial charge on any atom is -0.449 e. The predicted molar refractivity (Wildman–Crippen MR) is 201 cm³/mol. The molecule has 4 N–H and O–H groups in total. The number of benzene rings is 1. The van der Waals surface area contributed by atoms with Gasteiger partial charge in [0.15, 0.2) is 0 Å². The molecule has 1 aromatic carbocycles. The van der Waals surface area contributed by atoms with Gasteiger partial charge in [0.2, 0.25) is 29.4 Å². The van der Waals surface area contributed by atoms with Crippen LogP contribution in [-0.2, 0) is 33.5 Å². The molecule has 54 heavy (non-hydrogen) atoms. The fourth-order valence-corrected chi connectivity index (χ4v) is 8.19. The zero-order valence-electron chi connectivity index (χ0n) is 33.2. The van der Waals surface area contributed by atoms with Gasteiger partial charge in [0.1, 0.15) is 18.1 Å². The van der Waals surface area contributed by atoms with Crippen molar-refractivity contribution in [3.05, 3.63) is 35.9 Å². The van der Waals surface area contributed by atoms with E-state index in [1.165, 1.54) is 4.90 Å². The van der Waals surface area contributed by atoms with Crippen LogP contribution >= 0.6 is 0 Å². The van der Waals surface area contributed by atoms with Crippen molar-refractivity contribution in [2.24, 2.45) is 28.6 Å². The number of carbonyl (C=O) groups is 7. The first-order valence-electron chi connectivity index (χ1n) is 19.3. The maximum Gasteiger partial charge on any atom is 0.407 e. The Morgan fingerprint density at radius 1 is 0.926 bits per heavy atom. The van der Waals surface area contributed by atoms with E-state index in [1.807, 2.05) is 41.5 Å². The third-order valence-electron chi connectivity index (χ3n) is 11.5. The van der Waals surface area contributed by atoms with Crippen LogP contribution in [0.25, 0.3) is 0 Å². The summed E-state index contributed by atoms with van der Waals surface area (Å²) in [6.07, 6.45) is 4.27. The number of hydrogen-bond acceptors (Lipinski definition) is 8. The molecule has 3 aliphatic rings. The van der Waals surface area contributed by atoms with E-state index in [2.05, 4.69) is 21.3 Å². The quantitative estimate of drug-likeness (QED) is 0.186. The molecular weight excluding hydrogens is 692 g/mol. The summed E-state index contributed by atoms with van der Waals surface area (Å²) in [4.78, 5) is 97.0. The average molecular weight is 753 g/mol. The topological polar surface area (TPSA) is 183 Å². The SMILES string of the molecule is CCC[C@@H](NC(=O)[C@@H]1[C@@H]2[C@H](CN1C(=O)[C@@H](NC(=O)OCC(C)C)C1(C)CCCCC1)C2(C)C)C(=O)C(=O)NCC(=O)N[C@H](C(=O)N(C)C)c1ccccc1. The summed E-state index contributed by atoms with van der Waals surface area (Å²) in [6.45, 7) is 11.7. The Kier molecular flexibility index (Phi) is 13.9. The molecule has 1 saturated heterocycles. The number of nitrogens with zero attached hydrogens (tertiary/aromatic N) is 2. The van der Waals surface area contributed by atoms with Crippen molar-refractivity contribution in [2.45, 2.75) is 111 Å². The number of amides is 6. The fourth-order valence-electron chi connectivity index (χ4n) is 8.19. The Hall–Kier alpha value is -4.49. The summed E-state index contributed by atoms with van der Waals surface area (Å²) in [5, 5.41) is 10.6. The van der Waals surface area contributed by atoms with Gasteiger partial charge in [-0.25, -0.2) is 4.79 Å². The van der Waals surface area contributed by atoms with Crippen molar-refractivity contribution < 1.29 is 38.3 Å². The molecule has 0 bridgehead atoms. The summed E-state index contributed by atoms with van der Waals surface area (Å²) >= 11 is 0. The number of hydrogen-bond donors (Lipinski definition) is 4. The molecule has 0 aromatic heterocycles. The molecule has 2 saturated carbocycles. The molecule has 298 valence electrons. The Balaban J connectivity index is 1.47. The van der Waals surface area contributed by atoms with Crippen molar-refractivity contribution in [3.8, 4) is 0 Å². The van der Waals surface area contributed by atoms with E-state index in [0.717, 1.165) is 32.1 Å². The van der Waals surface area contributed by atoms with Gasteiger partial charge in [-0.3, -0.25) is 28.8 Å². The van der Waals surface area contributed by atoms with Crippen molar-refractivity contribution in [3.63, 3.8) is 0 Å². The summed E-state index contributed by atoms with van der Waals surface area (Å²) in [5.41, 5.74) is -0.214. The molecule has 0 spiro atoms. The van der Waals surface area contributed by atoms with Gasteiger partial charge in [-0.05, 0) is 53.4 Å². The van der Waals surface area contributed by atoms with Crippen LogP contribution < -0.4 is 21.3 Å². The number of nitrogens with one attached hydrogen (secondary N) is 4. The van der Waals surface area contributed by atoms with Gasteiger partial charge in [0.25, 0.3) is 5.91 Å². The van der Waals surface area contributed by atoms with Crippen LogP contribution in [0.1, 0.15) is 98.1 Å². The molecular formula is C40H60N6O8. The Bertz CT molecular complexity index is 1560. The highest BCUT2D eigenvalue weighted by Crippen LogP contribution is 2.65. The summed E-state index contributed by atoms with van der Waals surface area (Å²) in [7, 11) is 3.13. The number of fused-ring (bicyclic) bond motifs is 1. The maximum atomic E-state index is 14.5. The number of rotatable bonds is 16. The van der Waals surface area contributed by atoms with Crippen LogP contribution in [0.3, 0.4) is 0 Å². The van der Waals surface area contributed by atoms with Crippen LogP contribution in [0.5, 0.6) is 0 Å². The number of piperidine rings is 1. The molecule has 1 aliphatic heterocycles. The van der Waals surface area contributed by atoms with Crippen molar-refractivity contribution in [1.82, 2.24) is 31.1 Å². The predicted octanol–water partition coefficient (Wildman–Crippen LogP) is 3.11. The van der Waals surface area contributed by atoms with Crippen LogP contribution in [0, 0.1) is 28.6 Å². The smallest absolute Gasteiger partial charge is 0.407 e. The number of carbonyl (C=O) groups excluding carboxylic acids is 7. The second-order valence-corrected chi connectivity index (χ2v) is 16.7. The molecule has 4 rings (SSSR count). The van der Waals surface area contributed by atoms with Gasteiger partial charge < -0.3 is 35.8 Å². The van der Waals surface area contributed by atoms with Gasteiger partial charge >= 0.3 is 6.09 Å². The highest BCUT2D eigenvalue weighted by Gasteiger charge is 2.70. The second kappa shape index (κ2) is 17.8. The molecule has 14 heteroatoms. The van der Waals surface area contributed by atoms with Gasteiger partial charge in [0.05, 0.1) is 19.2 Å². The number of likely N-dealkylation sites (tertiary alicyclic amines) is 1. The minimum absolute atomic E-state index is 0.0473. The second-order valence-electron chi connectivity index (χ2n) is 16.7. The lowest BCUT2D eigenvalue weighted by molar-refractivity contribution is -0.146. The normalized spacial score (nSPS) is 22.5. The van der Waals surface area contributed by atoms with E-state index in [-0.39, 0.29) is 48.0 Å². The number of ether oxygens (including phenoxy) is 1. The number of likely N-dealkylation sites (N-methyl/N-ethyl adjacent to an activating group) is 1. The highest BCUT2D eigenvalue weighted by atomic mass is 16.5. The zero-order valence-corrected chi connectivity index (χ0v) is 33.2. The van der Waals surface area contributed by atoms with Gasteiger partial charge in [-0.1, -0.05) is 97.6 Å². The minimum atomic E-state index is -1.20. The monoisotopic (exact) mass is 752 g/mol. The third kappa shape index (κ3) is 9.78. The lowest BCUT2D eigenvalue weighted by atomic mass is 9.70. The van der Waals surface area contributed by atoms with Gasteiger partial charge in [-0.2, -0.15) is 0 Å². The molecule has 6 amide bonds. The lowest BCUT2D eigenvalue weighted by Crippen LogP contribution is -2.61. The number of alkyl carbamates (subject to hydrolysis) is 1. The first-order valence-corrected chi connectivity index (χ1v) is 19.3. The van der Waals surface area contributed by atoms with Crippen LogP contribution in [0.2, 0.25) is 0 Å². The Morgan fingerprint density at radius 3 is 2.17 bits per heavy atom. The third-order valence-corrected chi connectivity index (χ3v) is 11.5. The largest absolute Gasteiger partial charge is 0.449 e. The molecule has 6 atom stereocenters. The summed E-state index contributed by atoms with van der Waals surface area (Å²) in [5.74, 6) is -3.94. The molecule has 0 radical (unpaired) electrons. The van der Waals surface area contributed by atoms with Crippen molar-refractivity contribution in [2.75, 3.05) is 33.8 Å². The first kappa shape index (κ1) is 42.3. The standard InChI is InChI=1S/C40H60N6O8/c1-9-16-27(32(48)35(50)41-21-28(47)43-30(36(51)45(7)8)25-17-12-10-13-18-25)42-34(49)31-29-26(39(29,4)5)22-46(31)37(52)33(40(6)19-14-11-15-20-40)44-38(53)54-23-24(2)3/h10,12-13,17-18,24,26-27,29-31,33H,9,11,14-16,19-23H2,1-8H3,(H,41,50)(H,42,49)(H,43,47)(H,44,53)/t26-,27+,29-,30-,31-,33+/m0/s1. The number of Topliss-reactive ketones (excluding diaryl/α,β-unsaturated/α-hetero) is 1. The molecule has 3 fully saturated rings. The van der Waals surface area contributed by atoms with Gasteiger partial charge in [-0.15, -0.1) is 0 Å². The molecule has 0 unspecified atom stereocenters. The maximum absolute atomic E-state index is 14.5. The molecule has 14 nitrogen and oxygen atoms in total. The average Bonchev–Trinajstić information content (AvgIpc) is 3.43. The number of ketones is 1. The Labute approximate surface area is 319 Å². The van der Waals surface area contributed by atoms with E-state index in [0.29, 0.717) is 18.5 Å². The molecule has 2 aliphatic carbocycles. The van der Waals surface area contributed by atoms with E-state index >= 15 is 0 Å². The molecule has 1 aromatic rings. The molecule has 1 heterocycles. The van der Waals surface area contributed by atoms with Gasteiger partial charge in [0, 0.05) is 20.6 Å². The summed E-state index contributed by atoms with van der Waals surface area (Å²) in [6, 6.07) is 4.64. The van der Waals surface area contributed by atoms with Crippen molar-refractivity contribution >= 4 is 41.4 Å². The van der Waals surface area contributed by atoms with Crippen LogP contribution in [-0.4, -0.2) is 103 Å².